The number of nitrogens with zero attached hydrogens (tertiary/aromatic N) is 2. The van der Waals surface area contributed by atoms with Gasteiger partial charge in [-0.05, 0) is 51.6 Å². The molecule has 6 rings (SSSR count). The van der Waals surface area contributed by atoms with Gasteiger partial charge in [0, 0.05) is 27.3 Å². The summed E-state index contributed by atoms with van der Waals surface area (Å²) in [4.78, 5) is 10.4. The molecule has 0 spiro atoms. The Morgan fingerprint density at radius 3 is 1.76 bits per heavy atom. The van der Waals surface area contributed by atoms with Crippen molar-refractivity contribution in [3.8, 4) is 22.6 Å². The van der Waals surface area contributed by atoms with E-state index < -0.39 is 0 Å². The Balaban J connectivity index is 1.76. The number of para-hydroxylation sites is 1. The number of furan rings is 1. The lowest BCUT2D eigenvalue weighted by atomic mass is 9.79. The lowest BCUT2D eigenvalue weighted by molar-refractivity contribution is 0.559. The predicted molar refractivity (Wildman–Crippen MR) is 174 cm³/mol. The molecule has 0 radical (unpaired) electrons. The van der Waals surface area contributed by atoms with E-state index in [0.717, 1.165) is 49.7 Å². The van der Waals surface area contributed by atoms with E-state index in [-0.39, 0.29) is 16.2 Å². The predicted octanol–water partition coefficient (Wildman–Crippen LogP) is 10.8. The van der Waals surface area contributed by atoms with Crippen LogP contribution in [0, 0.1) is 0 Å². The maximum Gasteiger partial charge on any atom is 0.164 e. The molecule has 0 N–H and O–H groups in total. The van der Waals surface area contributed by atoms with Gasteiger partial charge < -0.3 is 4.42 Å². The molecule has 3 nitrogen and oxygen atoms in total. The van der Waals surface area contributed by atoms with Crippen LogP contribution in [0.5, 0.6) is 0 Å². The maximum atomic E-state index is 6.91. The van der Waals surface area contributed by atoms with Gasteiger partial charge in [0.2, 0.25) is 0 Å². The molecule has 2 heterocycles. The Labute approximate surface area is 243 Å². The summed E-state index contributed by atoms with van der Waals surface area (Å²) in [6.45, 7) is 20.4. The van der Waals surface area contributed by atoms with Gasteiger partial charge >= 0.3 is 0 Å². The first-order chi connectivity index (χ1) is 19.2. The van der Waals surface area contributed by atoms with E-state index in [9.17, 15) is 0 Å². The molecule has 2 aromatic heterocycles. The SMILES string of the molecule is CC(C)(C)c1cc(-c2nc(-c3ccccc3)c3ccccc3n2)c2oc3c(C(C)(C)C)cc(C(C)(C)C)cc3c2c1. The van der Waals surface area contributed by atoms with Crippen LogP contribution < -0.4 is 0 Å². The first kappa shape index (κ1) is 27.2. The van der Waals surface area contributed by atoms with Crippen molar-refractivity contribution in [2.45, 2.75) is 78.6 Å². The van der Waals surface area contributed by atoms with Crippen LogP contribution >= 0.6 is 0 Å². The van der Waals surface area contributed by atoms with Crippen LogP contribution in [0.1, 0.15) is 79.0 Å². The van der Waals surface area contributed by atoms with E-state index in [2.05, 4.69) is 129 Å². The zero-order chi connectivity index (χ0) is 29.3. The second-order valence-corrected chi connectivity index (χ2v) is 14.4. The molecule has 4 aromatic carbocycles. The van der Waals surface area contributed by atoms with E-state index in [1.807, 2.05) is 12.1 Å². The van der Waals surface area contributed by atoms with Gasteiger partial charge in [-0.2, -0.15) is 0 Å². The van der Waals surface area contributed by atoms with E-state index in [0.29, 0.717) is 5.82 Å². The summed E-state index contributed by atoms with van der Waals surface area (Å²) in [5.41, 5.74) is 9.30. The molecule has 0 aliphatic carbocycles. The molecule has 0 amide bonds. The van der Waals surface area contributed by atoms with Crippen LogP contribution in [0.4, 0.5) is 0 Å². The number of hydrogen-bond donors (Lipinski definition) is 0. The fraction of sp³-hybridized carbons (Fsp3) is 0.316. The van der Waals surface area contributed by atoms with Gasteiger partial charge in [-0.1, -0.05) is 117 Å². The second-order valence-electron chi connectivity index (χ2n) is 14.4. The third-order valence-corrected chi connectivity index (χ3v) is 8.10. The highest BCUT2D eigenvalue weighted by atomic mass is 16.3. The Bertz CT molecular complexity index is 1920. The van der Waals surface area contributed by atoms with Crippen molar-refractivity contribution in [1.29, 1.82) is 0 Å². The number of rotatable bonds is 2. The van der Waals surface area contributed by atoms with Gasteiger partial charge in [0.05, 0.1) is 16.8 Å². The minimum atomic E-state index is -0.0830. The van der Waals surface area contributed by atoms with Gasteiger partial charge in [-0.15, -0.1) is 0 Å². The van der Waals surface area contributed by atoms with Crippen LogP contribution in [-0.2, 0) is 16.2 Å². The van der Waals surface area contributed by atoms with Crippen LogP contribution in [-0.4, -0.2) is 9.97 Å². The van der Waals surface area contributed by atoms with Gasteiger partial charge in [0.25, 0.3) is 0 Å². The minimum absolute atomic E-state index is 0.00823. The third-order valence-electron chi connectivity index (χ3n) is 8.10. The van der Waals surface area contributed by atoms with E-state index in [1.54, 1.807) is 0 Å². The van der Waals surface area contributed by atoms with Crippen LogP contribution in [0.15, 0.2) is 83.3 Å². The van der Waals surface area contributed by atoms with Crippen molar-refractivity contribution in [3.63, 3.8) is 0 Å². The first-order valence-corrected chi connectivity index (χ1v) is 14.6. The summed E-state index contributed by atoms with van der Waals surface area (Å²) >= 11 is 0. The first-order valence-electron chi connectivity index (χ1n) is 14.6. The number of hydrogen-bond acceptors (Lipinski definition) is 3. The lowest BCUT2D eigenvalue weighted by Gasteiger charge is -2.25. The molecule has 0 aliphatic rings. The molecule has 0 bridgehead atoms. The molecular formula is C38H40N2O. The molecule has 0 fully saturated rings. The normalized spacial score (nSPS) is 13.0. The average molecular weight is 541 g/mol. The Hall–Kier alpha value is -3.98. The molecule has 0 atom stereocenters. The summed E-state index contributed by atoms with van der Waals surface area (Å²) in [7, 11) is 0. The van der Waals surface area contributed by atoms with E-state index >= 15 is 0 Å². The molecule has 3 heteroatoms. The lowest BCUT2D eigenvalue weighted by Crippen LogP contribution is -2.16. The van der Waals surface area contributed by atoms with Crippen LogP contribution in [0.25, 0.3) is 55.5 Å². The summed E-state index contributed by atoms with van der Waals surface area (Å²) in [5.74, 6) is 0.686. The highest BCUT2D eigenvalue weighted by Gasteiger charge is 2.28. The van der Waals surface area contributed by atoms with E-state index in [4.69, 9.17) is 14.4 Å². The standard InChI is InChI=1S/C38H40N2O/c1-36(2,3)24-19-27-28-20-25(37(4,5)6)22-30(38(7,8)9)34(28)41-33(27)29(21-24)35-39-31-18-14-13-17-26(31)32(40-35)23-15-11-10-12-16-23/h10-22H,1-9H3. The molecule has 0 aliphatic heterocycles. The number of aromatic nitrogens is 2. The number of benzene rings is 4. The molecule has 0 unspecified atom stereocenters. The molecule has 6 aromatic rings. The maximum absolute atomic E-state index is 6.91. The summed E-state index contributed by atoms with van der Waals surface area (Å²) in [5, 5.41) is 3.32. The van der Waals surface area contributed by atoms with Crippen LogP contribution in [0.3, 0.4) is 0 Å². The molecule has 0 saturated heterocycles. The van der Waals surface area contributed by atoms with Crippen molar-refractivity contribution >= 4 is 32.8 Å². The smallest absolute Gasteiger partial charge is 0.164 e. The second kappa shape index (κ2) is 9.27. The Kier molecular flexibility index (Phi) is 6.15. The zero-order valence-electron chi connectivity index (χ0n) is 25.8. The molecule has 208 valence electrons. The van der Waals surface area contributed by atoms with Crippen molar-refractivity contribution in [2.24, 2.45) is 0 Å². The van der Waals surface area contributed by atoms with Crippen molar-refractivity contribution in [2.75, 3.05) is 0 Å². The third kappa shape index (κ3) is 4.82. The fourth-order valence-corrected chi connectivity index (χ4v) is 5.58. The molecule has 41 heavy (non-hydrogen) atoms. The van der Waals surface area contributed by atoms with Crippen molar-refractivity contribution < 1.29 is 4.42 Å². The summed E-state index contributed by atoms with van der Waals surface area (Å²) < 4.78 is 6.91. The van der Waals surface area contributed by atoms with Gasteiger partial charge in [-0.25, -0.2) is 9.97 Å². The Morgan fingerprint density at radius 1 is 0.537 bits per heavy atom. The van der Waals surface area contributed by atoms with Gasteiger partial charge in [0.15, 0.2) is 5.82 Å². The monoisotopic (exact) mass is 540 g/mol. The minimum Gasteiger partial charge on any atom is -0.455 e. The van der Waals surface area contributed by atoms with Gasteiger partial charge in [0.1, 0.15) is 11.2 Å². The Morgan fingerprint density at radius 2 is 1.12 bits per heavy atom. The molecule has 0 saturated carbocycles. The van der Waals surface area contributed by atoms with Crippen molar-refractivity contribution in [3.05, 3.63) is 95.6 Å². The largest absolute Gasteiger partial charge is 0.455 e. The highest BCUT2D eigenvalue weighted by Crippen LogP contribution is 2.44. The van der Waals surface area contributed by atoms with Crippen molar-refractivity contribution in [1.82, 2.24) is 9.97 Å². The fourth-order valence-electron chi connectivity index (χ4n) is 5.58. The average Bonchev–Trinajstić information content (AvgIpc) is 3.29. The number of fused-ring (bicyclic) bond motifs is 4. The topological polar surface area (TPSA) is 38.9 Å². The van der Waals surface area contributed by atoms with Crippen LogP contribution in [0.2, 0.25) is 0 Å². The molecular weight excluding hydrogens is 500 g/mol. The zero-order valence-corrected chi connectivity index (χ0v) is 25.8. The summed E-state index contributed by atoms with van der Waals surface area (Å²) in [6.07, 6.45) is 0. The highest BCUT2D eigenvalue weighted by molar-refractivity contribution is 6.11. The van der Waals surface area contributed by atoms with E-state index in [1.165, 1.54) is 16.7 Å². The summed E-state index contributed by atoms with van der Waals surface area (Å²) in [6, 6.07) is 27.9. The van der Waals surface area contributed by atoms with Gasteiger partial charge in [-0.3, -0.25) is 0 Å². The quantitative estimate of drug-likeness (QED) is 0.219.